The minimum Gasteiger partial charge on any atom is -0.370 e. The fourth-order valence-electron chi connectivity index (χ4n) is 2.57. The molecule has 0 fully saturated rings. The van der Waals surface area contributed by atoms with E-state index in [0.29, 0.717) is 18.9 Å². The Balaban J connectivity index is 0.00000484. The van der Waals surface area contributed by atoms with Gasteiger partial charge in [0, 0.05) is 13.0 Å². The van der Waals surface area contributed by atoms with E-state index in [1.165, 1.54) is 5.56 Å². The van der Waals surface area contributed by atoms with Crippen LogP contribution >= 0.6 is 12.4 Å². The van der Waals surface area contributed by atoms with Gasteiger partial charge < -0.3 is 17.2 Å². The van der Waals surface area contributed by atoms with Crippen LogP contribution < -0.4 is 17.2 Å². The van der Waals surface area contributed by atoms with E-state index in [4.69, 9.17) is 17.2 Å². The van der Waals surface area contributed by atoms with Crippen LogP contribution in [0.3, 0.4) is 0 Å². The van der Waals surface area contributed by atoms with Crippen molar-refractivity contribution in [3.8, 4) is 0 Å². The average Bonchev–Trinajstić information content (AvgIpc) is 2.42. The fraction of sp³-hybridized carbons (Fsp3) is 0.529. The summed E-state index contributed by atoms with van der Waals surface area (Å²) in [5, 5.41) is 0. The molecule has 1 amide bonds. The van der Waals surface area contributed by atoms with Gasteiger partial charge in [0.1, 0.15) is 0 Å². The lowest BCUT2D eigenvalue weighted by Crippen LogP contribution is -2.23. The van der Waals surface area contributed by atoms with Crippen molar-refractivity contribution >= 4 is 24.3 Å². The summed E-state index contributed by atoms with van der Waals surface area (Å²) in [6, 6.07) is 8.48. The Morgan fingerprint density at radius 1 is 1.13 bits per heavy atom. The normalized spacial score (nSPS) is 11.6. The molecule has 23 heavy (non-hydrogen) atoms. The molecule has 6 heteroatoms. The molecular weight excluding hydrogens is 312 g/mol. The van der Waals surface area contributed by atoms with Gasteiger partial charge in [0.15, 0.2) is 5.96 Å². The van der Waals surface area contributed by atoms with Gasteiger partial charge in [-0.1, -0.05) is 38.1 Å². The highest BCUT2D eigenvalue weighted by atomic mass is 35.5. The Morgan fingerprint density at radius 3 is 2.22 bits per heavy atom. The summed E-state index contributed by atoms with van der Waals surface area (Å²) in [6.45, 7) is 4.98. The van der Waals surface area contributed by atoms with E-state index < -0.39 is 0 Å². The van der Waals surface area contributed by atoms with Crippen molar-refractivity contribution in [1.29, 1.82) is 0 Å². The highest BCUT2D eigenvalue weighted by Gasteiger charge is 2.14. The lowest BCUT2D eigenvalue weighted by Gasteiger charge is -2.16. The number of rotatable bonds is 9. The number of hydrogen-bond donors (Lipinski definition) is 3. The van der Waals surface area contributed by atoms with Gasteiger partial charge in [-0.15, -0.1) is 12.4 Å². The van der Waals surface area contributed by atoms with Crippen LogP contribution in [0.4, 0.5) is 0 Å². The molecule has 6 N–H and O–H groups in total. The van der Waals surface area contributed by atoms with Crippen LogP contribution in [0.15, 0.2) is 29.3 Å². The van der Waals surface area contributed by atoms with Crippen LogP contribution in [-0.2, 0) is 11.2 Å². The minimum atomic E-state index is -0.280. The molecule has 0 aliphatic carbocycles. The third-order valence-electron chi connectivity index (χ3n) is 3.55. The van der Waals surface area contributed by atoms with Crippen LogP contribution in [0.1, 0.15) is 50.2 Å². The topological polar surface area (TPSA) is 107 Å². The number of carbonyl (C=O) groups excluding carboxylic acids is 1. The largest absolute Gasteiger partial charge is 0.370 e. The fourth-order valence-corrected chi connectivity index (χ4v) is 2.57. The molecule has 1 atom stereocenters. The molecule has 0 unspecified atom stereocenters. The van der Waals surface area contributed by atoms with Gasteiger partial charge in [-0.2, -0.15) is 0 Å². The zero-order valence-electron chi connectivity index (χ0n) is 14.0. The first-order valence-electron chi connectivity index (χ1n) is 7.81. The summed E-state index contributed by atoms with van der Waals surface area (Å²) in [6.07, 6.45) is 3.07. The number of guanidine groups is 1. The van der Waals surface area contributed by atoms with Crippen molar-refractivity contribution in [2.24, 2.45) is 28.1 Å². The molecule has 0 heterocycles. The summed E-state index contributed by atoms with van der Waals surface area (Å²) >= 11 is 0. The van der Waals surface area contributed by atoms with Crippen LogP contribution in [0.2, 0.25) is 0 Å². The van der Waals surface area contributed by atoms with Gasteiger partial charge >= 0.3 is 0 Å². The van der Waals surface area contributed by atoms with E-state index >= 15 is 0 Å². The van der Waals surface area contributed by atoms with Gasteiger partial charge in [-0.3, -0.25) is 9.79 Å². The van der Waals surface area contributed by atoms with E-state index in [1.807, 2.05) is 0 Å². The van der Waals surface area contributed by atoms with Crippen LogP contribution in [0, 0.1) is 5.92 Å². The van der Waals surface area contributed by atoms with Crippen LogP contribution in [0.25, 0.3) is 0 Å². The lowest BCUT2D eigenvalue weighted by atomic mass is 9.89. The first kappa shape index (κ1) is 21.2. The summed E-state index contributed by atoms with van der Waals surface area (Å²) in [7, 11) is 0. The number of aliphatic imine (C=N–C) groups is 1. The van der Waals surface area contributed by atoms with Gasteiger partial charge in [-0.25, -0.2) is 0 Å². The molecule has 0 aliphatic heterocycles. The maximum atomic E-state index is 11.3. The van der Waals surface area contributed by atoms with Crippen molar-refractivity contribution in [2.45, 2.75) is 45.4 Å². The predicted octanol–water partition coefficient (Wildman–Crippen LogP) is 2.32. The average molecular weight is 341 g/mol. The Hall–Kier alpha value is -1.75. The van der Waals surface area contributed by atoms with E-state index in [1.54, 1.807) is 0 Å². The van der Waals surface area contributed by atoms with Gasteiger partial charge in [0.25, 0.3) is 0 Å². The first-order chi connectivity index (χ1) is 10.4. The standard InChI is InChI=1S/C17H28N4O.ClH/c1-12(2)10-13-5-7-14(8-6-13)15(11-16(18)22)4-3-9-21-17(19)20;/h5-8,12,15H,3-4,9-11H2,1-2H3,(H2,18,22)(H4,19,20,21);1H/t15-;/m1./s1. The third kappa shape index (κ3) is 9.08. The second kappa shape index (κ2) is 10.9. The quantitative estimate of drug-likeness (QED) is 0.364. The molecular formula is C17H29ClN4O. The molecule has 0 spiro atoms. The smallest absolute Gasteiger partial charge is 0.218 e. The number of benzene rings is 1. The number of nitrogens with zero attached hydrogens (tertiary/aromatic N) is 1. The molecule has 0 saturated carbocycles. The summed E-state index contributed by atoms with van der Waals surface area (Å²) in [4.78, 5) is 15.3. The predicted molar refractivity (Wildman–Crippen MR) is 98.7 cm³/mol. The molecule has 1 aromatic rings. The molecule has 0 bridgehead atoms. The van der Waals surface area contributed by atoms with Crippen molar-refractivity contribution in [2.75, 3.05) is 6.54 Å². The van der Waals surface area contributed by atoms with Crippen LogP contribution in [-0.4, -0.2) is 18.4 Å². The summed E-state index contributed by atoms with van der Waals surface area (Å²) in [5.74, 6) is 0.578. The molecule has 5 nitrogen and oxygen atoms in total. The van der Waals surface area contributed by atoms with E-state index in [0.717, 1.165) is 24.8 Å². The maximum absolute atomic E-state index is 11.3. The Labute approximate surface area is 145 Å². The molecule has 0 aliphatic rings. The van der Waals surface area contributed by atoms with Gasteiger partial charge in [0.2, 0.25) is 5.91 Å². The zero-order chi connectivity index (χ0) is 16.5. The lowest BCUT2D eigenvalue weighted by molar-refractivity contribution is -0.118. The van der Waals surface area contributed by atoms with E-state index in [-0.39, 0.29) is 30.2 Å². The third-order valence-corrected chi connectivity index (χ3v) is 3.55. The molecule has 0 radical (unpaired) electrons. The summed E-state index contributed by atoms with van der Waals surface area (Å²) in [5.41, 5.74) is 18.5. The SMILES string of the molecule is CC(C)Cc1ccc([C@H](CCCN=C(N)N)CC(N)=O)cc1.Cl. The number of amides is 1. The zero-order valence-corrected chi connectivity index (χ0v) is 14.8. The van der Waals surface area contributed by atoms with Crippen molar-refractivity contribution in [3.05, 3.63) is 35.4 Å². The maximum Gasteiger partial charge on any atom is 0.218 e. The molecule has 0 saturated heterocycles. The number of halogens is 1. The minimum absolute atomic E-state index is 0. The van der Waals surface area contributed by atoms with Crippen LogP contribution in [0.5, 0.6) is 0 Å². The number of hydrogen-bond acceptors (Lipinski definition) is 2. The summed E-state index contributed by atoms with van der Waals surface area (Å²) < 4.78 is 0. The van der Waals surface area contributed by atoms with Gasteiger partial charge in [0.05, 0.1) is 0 Å². The molecule has 130 valence electrons. The molecule has 1 aromatic carbocycles. The van der Waals surface area contributed by atoms with Gasteiger partial charge in [-0.05, 0) is 42.2 Å². The number of carbonyl (C=O) groups is 1. The first-order valence-corrected chi connectivity index (χ1v) is 7.81. The Morgan fingerprint density at radius 2 is 1.74 bits per heavy atom. The second-order valence-corrected chi connectivity index (χ2v) is 6.16. The van der Waals surface area contributed by atoms with E-state index in [9.17, 15) is 4.79 Å². The number of primary amides is 1. The Bertz CT molecular complexity index is 496. The Kier molecular flexibility index (Phi) is 10.1. The van der Waals surface area contributed by atoms with Crippen molar-refractivity contribution in [3.63, 3.8) is 0 Å². The van der Waals surface area contributed by atoms with Crippen molar-refractivity contribution in [1.82, 2.24) is 0 Å². The number of nitrogens with two attached hydrogens (primary N) is 3. The van der Waals surface area contributed by atoms with E-state index in [2.05, 4.69) is 43.1 Å². The highest BCUT2D eigenvalue weighted by molar-refractivity contribution is 5.85. The highest BCUT2D eigenvalue weighted by Crippen LogP contribution is 2.25. The second-order valence-electron chi connectivity index (χ2n) is 6.16. The molecule has 0 aromatic heterocycles. The van der Waals surface area contributed by atoms with Crippen molar-refractivity contribution < 1.29 is 4.79 Å². The molecule has 1 rings (SSSR count). The monoisotopic (exact) mass is 340 g/mol.